The van der Waals surface area contributed by atoms with Crippen LogP contribution in [0, 0.1) is 0 Å². The fourth-order valence-electron chi connectivity index (χ4n) is 2.24. The smallest absolute Gasteiger partial charge is 0.260 e. The molecule has 0 unspecified atom stereocenters. The van der Waals surface area contributed by atoms with Gasteiger partial charge in [-0.2, -0.15) is 0 Å². The molecule has 1 N–H and O–H groups in total. The molecule has 0 bridgehead atoms. The number of carbonyl (C=O) groups excluding carboxylic acids is 1. The van der Waals surface area contributed by atoms with E-state index >= 15 is 0 Å². The second kappa shape index (κ2) is 3.80. The third-order valence-corrected chi connectivity index (χ3v) is 3.38. The number of hydrogen-bond acceptors (Lipinski definition) is 2. The first-order chi connectivity index (χ1) is 8.88. The number of benzene rings is 1. The summed E-state index contributed by atoms with van der Waals surface area (Å²) in [6.07, 6.45) is 1.71. The Morgan fingerprint density at radius 3 is 2.63 bits per heavy atom. The Labute approximate surface area is 114 Å². The first-order valence-corrected chi connectivity index (χ1v) is 6.01. The van der Waals surface area contributed by atoms with Crippen LogP contribution in [-0.4, -0.2) is 27.2 Å². The standard InChI is InChI=1S/C14H11B2NO2/c1-14(2)11(16)6-10(19-14)12-8-4-3-7(15)5-9(8)17-13(12)18/h3-6H,1-2H3,(H,17,18)/b12-10+. The lowest BCUT2D eigenvalue weighted by Crippen LogP contribution is -2.22. The van der Waals surface area contributed by atoms with Crippen LogP contribution in [0.2, 0.25) is 0 Å². The number of fused-ring (bicyclic) bond motifs is 1. The molecule has 5 heteroatoms. The molecule has 2 aliphatic rings. The van der Waals surface area contributed by atoms with Crippen LogP contribution in [0.5, 0.6) is 0 Å². The van der Waals surface area contributed by atoms with Crippen molar-refractivity contribution in [2.45, 2.75) is 19.4 Å². The fourth-order valence-corrected chi connectivity index (χ4v) is 2.24. The minimum atomic E-state index is -0.584. The fraction of sp³-hybridized carbons (Fsp3) is 0.214. The summed E-state index contributed by atoms with van der Waals surface area (Å²) in [5.74, 6) is 0.306. The maximum Gasteiger partial charge on any atom is 0.260 e. The van der Waals surface area contributed by atoms with Crippen LogP contribution in [0.25, 0.3) is 5.57 Å². The summed E-state index contributed by atoms with van der Waals surface area (Å²) in [5.41, 5.74) is 2.62. The Hall–Kier alpha value is -1.90. The van der Waals surface area contributed by atoms with Crippen molar-refractivity contribution in [3.63, 3.8) is 0 Å². The topological polar surface area (TPSA) is 38.3 Å². The van der Waals surface area contributed by atoms with E-state index in [4.69, 9.17) is 20.4 Å². The van der Waals surface area contributed by atoms with Gasteiger partial charge in [0.15, 0.2) is 0 Å². The molecule has 1 aromatic carbocycles. The third kappa shape index (κ3) is 1.81. The van der Waals surface area contributed by atoms with Crippen molar-refractivity contribution in [1.82, 2.24) is 0 Å². The van der Waals surface area contributed by atoms with Crippen molar-refractivity contribution in [1.29, 1.82) is 0 Å². The predicted molar refractivity (Wildman–Crippen MR) is 76.4 cm³/mol. The van der Waals surface area contributed by atoms with E-state index in [0.717, 1.165) is 5.56 Å². The maximum absolute atomic E-state index is 12.1. The van der Waals surface area contributed by atoms with Gasteiger partial charge in [-0.15, -0.1) is 0 Å². The van der Waals surface area contributed by atoms with Gasteiger partial charge in [-0.25, -0.2) is 0 Å². The summed E-state index contributed by atoms with van der Waals surface area (Å²) >= 11 is 0. The molecule has 0 saturated carbocycles. The van der Waals surface area contributed by atoms with E-state index in [2.05, 4.69) is 5.32 Å². The number of nitrogens with one attached hydrogen (secondary N) is 1. The monoisotopic (exact) mass is 247 g/mol. The number of rotatable bonds is 0. The van der Waals surface area contributed by atoms with Gasteiger partial charge in [-0.05, 0) is 26.0 Å². The van der Waals surface area contributed by atoms with E-state index < -0.39 is 5.60 Å². The van der Waals surface area contributed by atoms with Crippen molar-refractivity contribution in [3.8, 4) is 0 Å². The molecule has 0 saturated heterocycles. The van der Waals surface area contributed by atoms with Gasteiger partial charge >= 0.3 is 0 Å². The minimum Gasteiger partial charge on any atom is -0.484 e. The van der Waals surface area contributed by atoms with E-state index in [1.165, 1.54) is 0 Å². The molecule has 3 rings (SSSR count). The molecule has 0 aliphatic carbocycles. The van der Waals surface area contributed by atoms with Gasteiger partial charge in [0.05, 0.1) is 5.57 Å². The molecule has 2 aliphatic heterocycles. The number of amides is 1. The summed E-state index contributed by atoms with van der Waals surface area (Å²) in [7, 11) is 11.6. The van der Waals surface area contributed by atoms with Crippen LogP contribution in [0.3, 0.4) is 0 Å². The van der Waals surface area contributed by atoms with Gasteiger partial charge in [0, 0.05) is 11.3 Å². The molecular formula is C14H11B2NO2. The van der Waals surface area contributed by atoms with Gasteiger partial charge in [-0.1, -0.05) is 23.1 Å². The van der Waals surface area contributed by atoms with E-state index in [1.807, 2.05) is 19.9 Å². The van der Waals surface area contributed by atoms with Crippen molar-refractivity contribution in [2.24, 2.45) is 0 Å². The average Bonchev–Trinajstić information content (AvgIpc) is 2.75. The third-order valence-electron chi connectivity index (χ3n) is 3.38. The van der Waals surface area contributed by atoms with Gasteiger partial charge in [0.2, 0.25) is 0 Å². The van der Waals surface area contributed by atoms with Gasteiger partial charge in [0.25, 0.3) is 5.91 Å². The molecule has 90 valence electrons. The summed E-state index contributed by atoms with van der Waals surface area (Å²) in [6.45, 7) is 3.73. The lowest BCUT2D eigenvalue weighted by Gasteiger charge is -2.21. The largest absolute Gasteiger partial charge is 0.484 e. The molecule has 2 heterocycles. The molecule has 0 atom stereocenters. The molecule has 0 spiro atoms. The normalized spacial score (nSPS) is 23.7. The summed E-state index contributed by atoms with van der Waals surface area (Å²) in [5, 5.41) is 2.78. The van der Waals surface area contributed by atoms with E-state index in [-0.39, 0.29) is 5.91 Å². The highest BCUT2D eigenvalue weighted by Crippen LogP contribution is 2.39. The quantitative estimate of drug-likeness (QED) is 0.548. The van der Waals surface area contributed by atoms with Crippen molar-refractivity contribution in [2.75, 3.05) is 5.32 Å². The van der Waals surface area contributed by atoms with Crippen molar-refractivity contribution >= 4 is 38.3 Å². The first kappa shape index (κ1) is 12.2. The van der Waals surface area contributed by atoms with E-state index in [1.54, 1.807) is 18.2 Å². The zero-order chi connectivity index (χ0) is 13.8. The Morgan fingerprint density at radius 1 is 1.26 bits per heavy atom. The number of anilines is 1. The molecule has 4 radical (unpaired) electrons. The molecule has 0 aromatic heterocycles. The summed E-state index contributed by atoms with van der Waals surface area (Å²) in [4.78, 5) is 12.1. The van der Waals surface area contributed by atoms with Gasteiger partial charge in [-0.3, -0.25) is 4.79 Å². The Balaban J connectivity index is 2.16. The minimum absolute atomic E-state index is 0.197. The van der Waals surface area contributed by atoms with Crippen LogP contribution in [0.1, 0.15) is 19.4 Å². The number of allylic oxidation sites excluding steroid dienone is 1. The highest BCUT2D eigenvalue weighted by molar-refractivity contribution is 6.36. The maximum atomic E-state index is 12.1. The lowest BCUT2D eigenvalue weighted by atomic mass is 9.83. The molecular weight excluding hydrogens is 236 g/mol. The number of hydrogen-bond donors (Lipinski definition) is 1. The second-order valence-electron chi connectivity index (χ2n) is 5.21. The predicted octanol–water partition coefficient (Wildman–Crippen LogP) is 1.00. The Morgan fingerprint density at radius 2 is 2.00 bits per heavy atom. The zero-order valence-electron chi connectivity index (χ0n) is 10.8. The van der Waals surface area contributed by atoms with Crippen LogP contribution >= 0.6 is 0 Å². The van der Waals surface area contributed by atoms with Crippen LogP contribution in [0.15, 0.2) is 35.5 Å². The molecule has 1 amide bonds. The SMILES string of the molecule is [B]C1=C/C(=C2\C(=O)Nc3cc([B])ccc32)OC1(C)C. The molecule has 0 fully saturated rings. The number of carbonyl (C=O) groups is 1. The lowest BCUT2D eigenvalue weighted by molar-refractivity contribution is -0.111. The van der Waals surface area contributed by atoms with Crippen molar-refractivity contribution in [3.05, 3.63) is 41.1 Å². The first-order valence-electron chi connectivity index (χ1n) is 6.01. The van der Waals surface area contributed by atoms with Crippen molar-refractivity contribution < 1.29 is 9.53 Å². The second-order valence-corrected chi connectivity index (χ2v) is 5.21. The van der Waals surface area contributed by atoms with Gasteiger partial charge < -0.3 is 10.1 Å². The van der Waals surface area contributed by atoms with Crippen LogP contribution in [-0.2, 0) is 9.53 Å². The average molecular weight is 247 g/mol. The van der Waals surface area contributed by atoms with Gasteiger partial charge in [0.1, 0.15) is 27.1 Å². The summed E-state index contributed by atoms with van der Waals surface area (Å²) < 4.78 is 5.77. The van der Waals surface area contributed by atoms with Crippen LogP contribution in [0.4, 0.5) is 5.69 Å². The molecule has 3 nitrogen and oxygen atoms in total. The summed E-state index contributed by atoms with van der Waals surface area (Å²) in [6, 6.07) is 5.30. The Bertz CT molecular complexity index is 659. The molecule has 1 aromatic rings. The number of ether oxygens (including phenoxy) is 1. The zero-order valence-corrected chi connectivity index (χ0v) is 10.8. The van der Waals surface area contributed by atoms with E-state index in [0.29, 0.717) is 28.0 Å². The highest BCUT2D eigenvalue weighted by Gasteiger charge is 2.34. The van der Waals surface area contributed by atoms with Crippen LogP contribution < -0.4 is 10.8 Å². The van der Waals surface area contributed by atoms with E-state index in [9.17, 15) is 4.79 Å². The Kier molecular flexibility index (Phi) is 2.43. The highest BCUT2D eigenvalue weighted by atomic mass is 16.5. The molecule has 19 heavy (non-hydrogen) atoms.